The van der Waals surface area contributed by atoms with Crippen molar-refractivity contribution in [2.45, 2.75) is 26.7 Å². The minimum Gasteiger partial charge on any atom is -0.354 e. The zero-order valence-corrected chi connectivity index (χ0v) is 8.67. The Morgan fingerprint density at radius 2 is 2.00 bits per heavy atom. The number of aryl methyl sites for hydroxylation is 2. The van der Waals surface area contributed by atoms with Crippen LogP contribution in [0.2, 0.25) is 0 Å². The topological polar surface area (TPSA) is 37.8 Å². The van der Waals surface area contributed by atoms with E-state index in [2.05, 4.69) is 21.2 Å². The van der Waals surface area contributed by atoms with Gasteiger partial charge in [0.25, 0.3) is 0 Å². The maximum Gasteiger partial charge on any atom is 0.223 e. The van der Waals surface area contributed by atoms with Crippen molar-refractivity contribution in [3.63, 3.8) is 0 Å². The molecular formula is C11H15N3. The second kappa shape index (κ2) is 5.23. The van der Waals surface area contributed by atoms with Crippen LogP contribution < -0.4 is 5.32 Å². The van der Waals surface area contributed by atoms with E-state index in [9.17, 15) is 0 Å². The molecule has 1 rings (SSSR count). The van der Waals surface area contributed by atoms with Crippen molar-refractivity contribution in [3.05, 3.63) is 17.5 Å². The van der Waals surface area contributed by atoms with E-state index in [1.807, 2.05) is 19.9 Å². The Hall–Kier alpha value is -1.56. The molecule has 0 fully saturated rings. The predicted molar refractivity (Wildman–Crippen MR) is 58.1 cm³/mol. The molecule has 1 N–H and O–H groups in total. The Labute approximate surface area is 85.0 Å². The number of aromatic nitrogens is 2. The van der Waals surface area contributed by atoms with Gasteiger partial charge < -0.3 is 5.32 Å². The number of hydrogen-bond donors (Lipinski definition) is 1. The van der Waals surface area contributed by atoms with Crippen LogP contribution in [0.5, 0.6) is 0 Å². The summed E-state index contributed by atoms with van der Waals surface area (Å²) in [7, 11) is 0. The zero-order valence-electron chi connectivity index (χ0n) is 8.67. The van der Waals surface area contributed by atoms with Crippen LogP contribution in [0.15, 0.2) is 6.07 Å². The summed E-state index contributed by atoms with van der Waals surface area (Å²) in [4.78, 5) is 8.52. The van der Waals surface area contributed by atoms with Gasteiger partial charge >= 0.3 is 0 Å². The molecule has 3 nitrogen and oxygen atoms in total. The van der Waals surface area contributed by atoms with E-state index in [1.54, 1.807) is 0 Å². The lowest BCUT2D eigenvalue weighted by molar-refractivity contribution is 0.886. The fourth-order valence-corrected chi connectivity index (χ4v) is 1.20. The quantitative estimate of drug-likeness (QED) is 0.581. The highest BCUT2D eigenvalue weighted by molar-refractivity contribution is 5.27. The van der Waals surface area contributed by atoms with Gasteiger partial charge in [-0.3, -0.25) is 0 Å². The highest BCUT2D eigenvalue weighted by Gasteiger charge is 1.97. The van der Waals surface area contributed by atoms with E-state index >= 15 is 0 Å². The largest absolute Gasteiger partial charge is 0.354 e. The third kappa shape index (κ3) is 3.44. The number of rotatable bonds is 4. The van der Waals surface area contributed by atoms with Crippen molar-refractivity contribution in [2.24, 2.45) is 0 Å². The fourth-order valence-electron chi connectivity index (χ4n) is 1.20. The maximum atomic E-state index is 5.15. The normalized spacial score (nSPS) is 9.50. The van der Waals surface area contributed by atoms with E-state index in [1.165, 1.54) is 0 Å². The first-order valence-electron chi connectivity index (χ1n) is 4.72. The van der Waals surface area contributed by atoms with Gasteiger partial charge in [0.05, 0.1) is 0 Å². The van der Waals surface area contributed by atoms with Crippen molar-refractivity contribution in [2.75, 3.05) is 11.9 Å². The summed E-state index contributed by atoms with van der Waals surface area (Å²) in [5, 5.41) is 3.14. The molecule has 0 bridgehead atoms. The highest BCUT2D eigenvalue weighted by atomic mass is 15.1. The van der Waals surface area contributed by atoms with Crippen LogP contribution in [-0.2, 0) is 0 Å². The number of terminal acetylenes is 1. The average Bonchev–Trinajstić information content (AvgIpc) is 2.11. The van der Waals surface area contributed by atoms with Crippen LogP contribution in [0.25, 0.3) is 0 Å². The molecule has 0 radical (unpaired) electrons. The number of hydrogen-bond acceptors (Lipinski definition) is 3. The van der Waals surface area contributed by atoms with Crippen molar-refractivity contribution < 1.29 is 0 Å². The van der Waals surface area contributed by atoms with Gasteiger partial charge in [-0.1, -0.05) is 0 Å². The molecule has 0 aromatic carbocycles. The lowest BCUT2D eigenvalue weighted by Gasteiger charge is -2.04. The Bertz CT molecular complexity index is 319. The molecule has 0 spiro atoms. The van der Waals surface area contributed by atoms with Gasteiger partial charge in [-0.15, -0.1) is 12.3 Å². The maximum absolute atomic E-state index is 5.15. The third-order valence-corrected chi connectivity index (χ3v) is 1.76. The van der Waals surface area contributed by atoms with Crippen LogP contribution >= 0.6 is 0 Å². The van der Waals surface area contributed by atoms with Crippen molar-refractivity contribution in [1.29, 1.82) is 0 Å². The first-order chi connectivity index (χ1) is 6.72. The number of nitrogens with zero attached hydrogens (tertiary/aromatic N) is 2. The molecule has 14 heavy (non-hydrogen) atoms. The lowest BCUT2D eigenvalue weighted by Crippen LogP contribution is -2.06. The van der Waals surface area contributed by atoms with Gasteiger partial charge in [-0.05, 0) is 26.3 Å². The lowest BCUT2D eigenvalue weighted by atomic mass is 10.3. The Morgan fingerprint density at radius 1 is 1.36 bits per heavy atom. The average molecular weight is 189 g/mol. The summed E-state index contributed by atoms with van der Waals surface area (Å²) >= 11 is 0. The zero-order chi connectivity index (χ0) is 10.4. The first kappa shape index (κ1) is 10.5. The summed E-state index contributed by atoms with van der Waals surface area (Å²) in [6.07, 6.45) is 6.89. The van der Waals surface area contributed by atoms with E-state index in [4.69, 9.17) is 6.42 Å². The van der Waals surface area contributed by atoms with Gasteiger partial charge in [0, 0.05) is 24.4 Å². The van der Waals surface area contributed by atoms with Gasteiger partial charge in [0.1, 0.15) is 0 Å². The van der Waals surface area contributed by atoms with Gasteiger partial charge in [0.15, 0.2) is 0 Å². The van der Waals surface area contributed by atoms with E-state index < -0.39 is 0 Å². The molecule has 3 heteroatoms. The number of anilines is 1. The number of nitrogens with one attached hydrogen (secondary N) is 1. The van der Waals surface area contributed by atoms with E-state index in [0.717, 1.165) is 30.8 Å². The second-order valence-electron chi connectivity index (χ2n) is 3.21. The standard InChI is InChI=1S/C11H15N3/c1-4-5-6-7-12-11-13-9(2)8-10(3)14-11/h1,8H,5-7H2,2-3H3,(H,12,13,14). The molecule has 0 aliphatic rings. The molecular weight excluding hydrogens is 174 g/mol. The number of unbranched alkanes of at least 4 members (excludes halogenated alkanes) is 1. The van der Waals surface area contributed by atoms with E-state index in [-0.39, 0.29) is 0 Å². The van der Waals surface area contributed by atoms with E-state index in [0.29, 0.717) is 5.95 Å². The fraction of sp³-hybridized carbons (Fsp3) is 0.455. The SMILES string of the molecule is C#CCCCNc1nc(C)cc(C)n1. The minimum atomic E-state index is 0.694. The van der Waals surface area contributed by atoms with Crippen LogP contribution in [-0.4, -0.2) is 16.5 Å². The molecule has 0 unspecified atom stereocenters. The van der Waals surface area contributed by atoms with Crippen molar-refractivity contribution in [3.8, 4) is 12.3 Å². The van der Waals surface area contributed by atoms with Crippen LogP contribution in [0, 0.1) is 26.2 Å². The van der Waals surface area contributed by atoms with Gasteiger partial charge in [0.2, 0.25) is 5.95 Å². The van der Waals surface area contributed by atoms with Crippen molar-refractivity contribution >= 4 is 5.95 Å². The molecule has 0 atom stereocenters. The molecule has 0 amide bonds. The molecule has 0 saturated heterocycles. The summed E-state index contributed by atoms with van der Waals surface area (Å²) in [6.45, 7) is 4.75. The third-order valence-electron chi connectivity index (χ3n) is 1.76. The second-order valence-corrected chi connectivity index (χ2v) is 3.21. The summed E-state index contributed by atoms with van der Waals surface area (Å²) in [6, 6.07) is 1.95. The Balaban J connectivity index is 2.47. The van der Waals surface area contributed by atoms with Crippen LogP contribution in [0.1, 0.15) is 24.2 Å². The predicted octanol–water partition coefficient (Wildman–Crippen LogP) is 1.92. The molecule has 1 heterocycles. The highest BCUT2D eigenvalue weighted by Crippen LogP contribution is 2.03. The molecule has 1 aromatic rings. The van der Waals surface area contributed by atoms with Crippen LogP contribution in [0.4, 0.5) is 5.95 Å². The summed E-state index contributed by atoms with van der Waals surface area (Å²) in [5.74, 6) is 3.29. The van der Waals surface area contributed by atoms with Gasteiger partial charge in [-0.25, -0.2) is 9.97 Å². The monoisotopic (exact) mass is 189 g/mol. The summed E-state index contributed by atoms with van der Waals surface area (Å²) < 4.78 is 0. The molecule has 74 valence electrons. The Morgan fingerprint density at radius 3 is 2.57 bits per heavy atom. The van der Waals surface area contributed by atoms with Crippen molar-refractivity contribution in [1.82, 2.24) is 9.97 Å². The molecule has 0 aliphatic heterocycles. The van der Waals surface area contributed by atoms with Crippen LogP contribution in [0.3, 0.4) is 0 Å². The molecule has 1 aromatic heterocycles. The minimum absolute atomic E-state index is 0.694. The summed E-state index contributed by atoms with van der Waals surface area (Å²) in [5.41, 5.74) is 1.97. The molecule has 0 aliphatic carbocycles. The first-order valence-corrected chi connectivity index (χ1v) is 4.72. The van der Waals surface area contributed by atoms with Gasteiger partial charge in [-0.2, -0.15) is 0 Å². The smallest absolute Gasteiger partial charge is 0.223 e. The Kier molecular flexibility index (Phi) is 3.93. The molecule has 0 saturated carbocycles.